The van der Waals surface area contributed by atoms with E-state index in [1.54, 1.807) is 26.5 Å². The first-order chi connectivity index (χ1) is 11.6. The Morgan fingerprint density at radius 3 is 2.71 bits per heavy atom. The lowest BCUT2D eigenvalue weighted by Crippen LogP contribution is -2.38. The third-order valence-corrected chi connectivity index (χ3v) is 4.60. The minimum absolute atomic E-state index is 0.142. The number of methoxy groups -OCH3 is 2. The summed E-state index contributed by atoms with van der Waals surface area (Å²) < 4.78 is 11.3. The molecule has 1 aromatic carbocycles. The highest BCUT2D eigenvalue weighted by molar-refractivity contribution is 9.10. The van der Waals surface area contributed by atoms with E-state index in [1.165, 1.54) is 19.3 Å². The molecule has 132 valence electrons. The number of carbonyl (C=O) groups excluding carboxylic acids is 1. The van der Waals surface area contributed by atoms with Crippen LogP contribution >= 0.6 is 15.9 Å². The Kier molecular flexibility index (Phi) is 7.52. The molecule has 0 radical (unpaired) electrons. The van der Waals surface area contributed by atoms with Crippen molar-refractivity contribution < 1.29 is 14.3 Å². The fourth-order valence-corrected chi connectivity index (χ4v) is 3.40. The summed E-state index contributed by atoms with van der Waals surface area (Å²) in [5.41, 5.74) is 3.33. The van der Waals surface area contributed by atoms with Gasteiger partial charge in [-0.15, -0.1) is 0 Å². The molecule has 2 N–H and O–H groups in total. The monoisotopic (exact) mass is 397 g/mol. The van der Waals surface area contributed by atoms with E-state index in [9.17, 15) is 4.79 Å². The number of hydrazone groups is 1. The largest absolute Gasteiger partial charge is 0.493 e. The summed E-state index contributed by atoms with van der Waals surface area (Å²) in [5, 5.41) is 7.28. The SMILES string of the molecule is COc1cc(/C=N\NC(=O)CNC2CCCCC2)cc(Br)c1OC. The molecule has 0 spiro atoms. The summed E-state index contributed by atoms with van der Waals surface area (Å²) in [4.78, 5) is 11.8. The van der Waals surface area contributed by atoms with Crippen LogP contribution in [0.25, 0.3) is 0 Å². The topological polar surface area (TPSA) is 72.0 Å². The molecular weight excluding hydrogens is 374 g/mol. The van der Waals surface area contributed by atoms with Crippen LogP contribution in [0.3, 0.4) is 0 Å². The predicted octanol–water partition coefficient (Wildman–Crippen LogP) is 2.84. The highest BCUT2D eigenvalue weighted by Crippen LogP contribution is 2.35. The molecule has 0 aliphatic heterocycles. The number of amides is 1. The van der Waals surface area contributed by atoms with E-state index in [-0.39, 0.29) is 12.5 Å². The van der Waals surface area contributed by atoms with E-state index in [2.05, 4.69) is 31.8 Å². The number of carbonyl (C=O) groups is 1. The normalized spacial score (nSPS) is 15.5. The van der Waals surface area contributed by atoms with E-state index >= 15 is 0 Å². The molecule has 1 saturated carbocycles. The fourth-order valence-electron chi connectivity index (χ4n) is 2.77. The Hall–Kier alpha value is -1.60. The van der Waals surface area contributed by atoms with E-state index in [1.807, 2.05) is 6.07 Å². The molecule has 24 heavy (non-hydrogen) atoms. The molecule has 2 rings (SSSR count). The molecular formula is C17H24BrN3O3. The van der Waals surface area contributed by atoms with Crippen molar-refractivity contribution in [3.8, 4) is 11.5 Å². The zero-order valence-electron chi connectivity index (χ0n) is 14.1. The van der Waals surface area contributed by atoms with Crippen LogP contribution in [0, 0.1) is 0 Å². The maximum absolute atomic E-state index is 11.8. The van der Waals surface area contributed by atoms with Crippen LogP contribution in [-0.2, 0) is 4.79 Å². The molecule has 1 aromatic rings. The fraction of sp³-hybridized carbons (Fsp3) is 0.529. The average Bonchev–Trinajstić information content (AvgIpc) is 2.60. The second kappa shape index (κ2) is 9.64. The zero-order valence-corrected chi connectivity index (χ0v) is 15.7. The number of hydrogen-bond acceptors (Lipinski definition) is 5. The van der Waals surface area contributed by atoms with E-state index in [4.69, 9.17) is 9.47 Å². The zero-order chi connectivity index (χ0) is 17.4. The highest BCUT2D eigenvalue weighted by Gasteiger charge is 2.13. The third-order valence-electron chi connectivity index (χ3n) is 4.02. The Morgan fingerprint density at radius 1 is 1.29 bits per heavy atom. The van der Waals surface area contributed by atoms with Crippen LogP contribution < -0.4 is 20.2 Å². The van der Waals surface area contributed by atoms with Crippen LogP contribution in [0.5, 0.6) is 11.5 Å². The summed E-state index contributed by atoms with van der Waals surface area (Å²) >= 11 is 3.42. The summed E-state index contributed by atoms with van der Waals surface area (Å²) in [6.45, 7) is 0.289. The number of halogens is 1. The molecule has 0 heterocycles. The number of hydrogen-bond donors (Lipinski definition) is 2. The lowest BCUT2D eigenvalue weighted by atomic mass is 9.95. The van der Waals surface area contributed by atoms with Gasteiger partial charge in [-0.3, -0.25) is 4.79 Å². The van der Waals surface area contributed by atoms with Crippen molar-refractivity contribution in [1.82, 2.24) is 10.7 Å². The van der Waals surface area contributed by atoms with Gasteiger partial charge in [0, 0.05) is 6.04 Å². The molecule has 0 bridgehead atoms. The molecule has 1 fully saturated rings. The van der Waals surface area contributed by atoms with Crippen molar-refractivity contribution in [3.63, 3.8) is 0 Å². The van der Waals surface area contributed by atoms with E-state index in [0.717, 1.165) is 22.9 Å². The van der Waals surface area contributed by atoms with Gasteiger partial charge in [0.25, 0.3) is 5.91 Å². The van der Waals surface area contributed by atoms with Crippen molar-refractivity contribution in [2.75, 3.05) is 20.8 Å². The Bertz CT molecular complexity index is 587. The van der Waals surface area contributed by atoms with Crippen LogP contribution in [0.1, 0.15) is 37.7 Å². The number of benzene rings is 1. The van der Waals surface area contributed by atoms with E-state index < -0.39 is 0 Å². The van der Waals surface area contributed by atoms with Gasteiger partial charge in [-0.2, -0.15) is 5.10 Å². The molecule has 1 amide bonds. The summed E-state index contributed by atoms with van der Waals surface area (Å²) in [7, 11) is 3.15. The Morgan fingerprint density at radius 2 is 2.04 bits per heavy atom. The first kappa shape index (κ1) is 18.7. The molecule has 0 aromatic heterocycles. The minimum Gasteiger partial charge on any atom is -0.493 e. The molecule has 1 aliphatic rings. The Labute approximate surface area is 151 Å². The van der Waals surface area contributed by atoms with Gasteiger partial charge in [0.2, 0.25) is 0 Å². The summed E-state index contributed by atoms with van der Waals surface area (Å²) in [6.07, 6.45) is 7.66. The number of nitrogens with zero attached hydrogens (tertiary/aromatic N) is 1. The lowest BCUT2D eigenvalue weighted by molar-refractivity contribution is -0.120. The smallest absolute Gasteiger partial charge is 0.254 e. The van der Waals surface area contributed by atoms with Crippen LogP contribution in [0.15, 0.2) is 21.7 Å². The first-order valence-electron chi connectivity index (χ1n) is 8.11. The number of nitrogens with one attached hydrogen (secondary N) is 2. The first-order valence-corrected chi connectivity index (χ1v) is 8.90. The molecule has 7 heteroatoms. The van der Waals surface area contributed by atoms with E-state index in [0.29, 0.717) is 17.5 Å². The molecule has 0 saturated heterocycles. The van der Waals surface area contributed by atoms with Gasteiger partial charge in [-0.25, -0.2) is 5.43 Å². The lowest BCUT2D eigenvalue weighted by Gasteiger charge is -2.22. The number of ether oxygens (including phenoxy) is 2. The van der Waals surface area contributed by atoms with Crippen molar-refractivity contribution in [2.45, 2.75) is 38.1 Å². The van der Waals surface area contributed by atoms with Gasteiger partial charge in [0.15, 0.2) is 11.5 Å². The van der Waals surface area contributed by atoms with Gasteiger partial charge < -0.3 is 14.8 Å². The second-order valence-corrected chi connectivity index (χ2v) is 6.60. The molecule has 6 nitrogen and oxygen atoms in total. The Balaban J connectivity index is 1.84. The van der Waals surface area contributed by atoms with Crippen molar-refractivity contribution in [2.24, 2.45) is 5.10 Å². The summed E-state index contributed by atoms with van der Waals surface area (Å²) in [5.74, 6) is 1.07. The highest BCUT2D eigenvalue weighted by atomic mass is 79.9. The third kappa shape index (κ3) is 5.49. The predicted molar refractivity (Wildman–Crippen MR) is 97.9 cm³/mol. The van der Waals surface area contributed by atoms with Crippen molar-refractivity contribution in [3.05, 3.63) is 22.2 Å². The average molecular weight is 398 g/mol. The quantitative estimate of drug-likeness (QED) is 0.547. The van der Waals surface area contributed by atoms with Gasteiger partial charge in [-0.1, -0.05) is 19.3 Å². The van der Waals surface area contributed by atoms with Crippen LogP contribution in [0.4, 0.5) is 0 Å². The van der Waals surface area contributed by atoms with Crippen molar-refractivity contribution >= 4 is 28.1 Å². The van der Waals surface area contributed by atoms with Gasteiger partial charge in [0.05, 0.1) is 31.5 Å². The molecule has 0 atom stereocenters. The van der Waals surface area contributed by atoms with Gasteiger partial charge >= 0.3 is 0 Å². The van der Waals surface area contributed by atoms with Gasteiger partial charge in [0.1, 0.15) is 0 Å². The maximum Gasteiger partial charge on any atom is 0.254 e. The minimum atomic E-state index is -0.142. The van der Waals surface area contributed by atoms with Crippen LogP contribution in [-0.4, -0.2) is 38.9 Å². The summed E-state index contributed by atoms with van der Waals surface area (Å²) in [6, 6.07) is 4.09. The van der Waals surface area contributed by atoms with Crippen molar-refractivity contribution in [1.29, 1.82) is 0 Å². The molecule has 0 unspecified atom stereocenters. The van der Waals surface area contributed by atoms with Gasteiger partial charge in [-0.05, 0) is 46.5 Å². The second-order valence-electron chi connectivity index (χ2n) is 5.75. The molecule has 1 aliphatic carbocycles. The maximum atomic E-state index is 11.8. The standard InChI is InChI=1S/C17H24BrN3O3/c1-23-15-9-12(8-14(18)17(15)24-2)10-20-21-16(22)11-19-13-6-4-3-5-7-13/h8-10,13,19H,3-7,11H2,1-2H3,(H,21,22)/b20-10-. The number of rotatable bonds is 7. The van der Waals surface area contributed by atoms with Crippen LogP contribution in [0.2, 0.25) is 0 Å².